The van der Waals surface area contributed by atoms with Crippen molar-refractivity contribution in [1.29, 1.82) is 0 Å². The minimum atomic E-state index is -0.429. The second-order valence-corrected chi connectivity index (χ2v) is 7.03. The van der Waals surface area contributed by atoms with Gasteiger partial charge < -0.3 is 15.8 Å². The highest BCUT2D eigenvalue weighted by atomic mass is 32.1. The molecule has 2 rings (SSSR count). The minimum absolute atomic E-state index is 0.0124. The van der Waals surface area contributed by atoms with E-state index >= 15 is 0 Å². The Labute approximate surface area is 124 Å². The van der Waals surface area contributed by atoms with E-state index in [4.69, 9.17) is 10.5 Å². The summed E-state index contributed by atoms with van der Waals surface area (Å²) in [6.45, 7) is 7.62. The molecule has 0 spiro atoms. The summed E-state index contributed by atoms with van der Waals surface area (Å²) < 4.78 is 5.31. The van der Waals surface area contributed by atoms with E-state index in [2.05, 4.69) is 25.2 Å². The molecule has 1 aliphatic heterocycles. The van der Waals surface area contributed by atoms with Gasteiger partial charge in [-0.3, -0.25) is 4.79 Å². The summed E-state index contributed by atoms with van der Waals surface area (Å²) in [5, 5.41) is 3.05. The lowest BCUT2D eigenvalue weighted by atomic mass is 9.91. The molecule has 1 aromatic heterocycles. The molecule has 2 unspecified atom stereocenters. The molecule has 2 heterocycles. The third-order valence-electron chi connectivity index (χ3n) is 3.98. The molecule has 4 nitrogen and oxygen atoms in total. The fourth-order valence-electron chi connectivity index (χ4n) is 2.76. The van der Waals surface area contributed by atoms with Gasteiger partial charge in [-0.15, -0.1) is 11.3 Å². The molecule has 0 bridgehead atoms. The van der Waals surface area contributed by atoms with Crippen molar-refractivity contribution in [3.05, 3.63) is 21.4 Å². The van der Waals surface area contributed by atoms with Crippen LogP contribution in [0.2, 0.25) is 0 Å². The Morgan fingerprint density at radius 2 is 2.10 bits per heavy atom. The van der Waals surface area contributed by atoms with Crippen molar-refractivity contribution in [2.24, 2.45) is 11.7 Å². The molecule has 1 saturated heterocycles. The number of rotatable bonds is 4. The Kier molecular flexibility index (Phi) is 5.18. The first kappa shape index (κ1) is 15.5. The van der Waals surface area contributed by atoms with Gasteiger partial charge in [-0.2, -0.15) is 0 Å². The van der Waals surface area contributed by atoms with Gasteiger partial charge in [-0.1, -0.05) is 0 Å². The predicted octanol–water partition coefficient (Wildman–Crippen LogP) is 2.30. The van der Waals surface area contributed by atoms with E-state index in [0.717, 1.165) is 12.8 Å². The number of carbonyl (C=O) groups excluding carboxylic acids is 1. The monoisotopic (exact) mass is 296 g/mol. The summed E-state index contributed by atoms with van der Waals surface area (Å²) in [5.74, 6) is 0.189. The lowest BCUT2D eigenvalue weighted by Gasteiger charge is -2.27. The first-order valence-corrected chi connectivity index (χ1v) is 8.01. The van der Waals surface area contributed by atoms with Crippen LogP contribution in [-0.4, -0.2) is 25.2 Å². The molecule has 112 valence electrons. The summed E-state index contributed by atoms with van der Waals surface area (Å²) >= 11 is 1.76. The first-order valence-electron chi connectivity index (χ1n) is 7.19. The molecule has 1 amide bonds. The van der Waals surface area contributed by atoms with E-state index in [1.165, 1.54) is 15.3 Å². The lowest BCUT2D eigenvalue weighted by molar-refractivity contribution is -0.125. The van der Waals surface area contributed by atoms with Crippen LogP contribution >= 0.6 is 11.3 Å². The maximum Gasteiger partial charge on any atom is 0.237 e. The van der Waals surface area contributed by atoms with Crippen LogP contribution in [0.3, 0.4) is 0 Å². The van der Waals surface area contributed by atoms with E-state index in [1.807, 2.05) is 6.92 Å². The molecule has 1 aliphatic rings. The number of carbonyl (C=O) groups is 1. The maximum atomic E-state index is 12.3. The zero-order chi connectivity index (χ0) is 14.7. The quantitative estimate of drug-likeness (QED) is 0.896. The summed E-state index contributed by atoms with van der Waals surface area (Å²) in [6.07, 6.45) is 1.75. The van der Waals surface area contributed by atoms with E-state index < -0.39 is 6.04 Å². The Balaban J connectivity index is 1.94. The molecule has 5 heteroatoms. The van der Waals surface area contributed by atoms with Crippen molar-refractivity contribution in [2.75, 3.05) is 13.2 Å². The van der Waals surface area contributed by atoms with Gasteiger partial charge in [0.15, 0.2) is 0 Å². The molecule has 1 aromatic rings. The van der Waals surface area contributed by atoms with Gasteiger partial charge in [-0.05, 0) is 51.2 Å². The molecule has 0 radical (unpaired) electrons. The SMILES string of the molecule is Cc1cc(C(C)NC(=O)C(N)C2CCOCC2)c(C)s1. The number of hydrogen-bond acceptors (Lipinski definition) is 4. The maximum absolute atomic E-state index is 12.3. The van der Waals surface area contributed by atoms with Gasteiger partial charge >= 0.3 is 0 Å². The molecule has 0 aromatic carbocycles. The molecule has 3 N–H and O–H groups in total. The molecular formula is C15H24N2O2S. The van der Waals surface area contributed by atoms with Gasteiger partial charge in [0.05, 0.1) is 12.1 Å². The van der Waals surface area contributed by atoms with Gasteiger partial charge in [0.1, 0.15) is 0 Å². The van der Waals surface area contributed by atoms with E-state index in [-0.39, 0.29) is 17.9 Å². The second-order valence-electron chi connectivity index (χ2n) is 5.57. The molecule has 0 saturated carbocycles. The van der Waals surface area contributed by atoms with Crippen molar-refractivity contribution in [1.82, 2.24) is 5.32 Å². The molecule has 1 fully saturated rings. The van der Waals surface area contributed by atoms with Crippen LogP contribution in [0, 0.1) is 19.8 Å². The highest BCUT2D eigenvalue weighted by Crippen LogP contribution is 2.26. The number of nitrogens with two attached hydrogens (primary N) is 1. The Morgan fingerprint density at radius 1 is 1.45 bits per heavy atom. The second kappa shape index (κ2) is 6.70. The van der Waals surface area contributed by atoms with Crippen molar-refractivity contribution in [2.45, 2.75) is 45.7 Å². The Bertz CT molecular complexity index is 466. The predicted molar refractivity (Wildman–Crippen MR) is 81.9 cm³/mol. The van der Waals surface area contributed by atoms with Crippen molar-refractivity contribution >= 4 is 17.2 Å². The van der Waals surface area contributed by atoms with Crippen molar-refractivity contribution in [3.63, 3.8) is 0 Å². The molecule has 0 aliphatic carbocycles. The van der Waals surface area contributed by atoms with Crippen LogP contribution in [0.25, 0.3) is 0 Å². The highest BCUT2D eigenvalue weighted by Gasteiger charge is 2.27. The summed E-state index contributed by atoms with van der Waals surface area (Å²) in [5.41, 5.74) is 7.29. The topological polar surface area (TPSA) is 64.4 Å². The number of hydrogen-bond donors (Lipinski definition) is 2. The zero-order valence-electron chi connectivity index (χ0n) is 12.4. The van der Waals surface area contributed by atoms with Crippen molar-refractivity contribution < 1.29 is 9.53 Å². The molecule has 2 atom stereocenters. The highest BCUT2D eigenvalue weighted by molar-refractivity contribution is 7.12. The fourth-order valence-corrected chi connectivity index (χ4v) is 3.78. The standard InChI is InChI=1S/C15H24N2O2S/c1-9-8-13(11(3)20-9)10(2)17-15(18)14(16)12-4-6-19-7-5-12/h8,10,12,14H,4-7,16H2,1-3H3,(H,17,18). The van der Waals surface area contributed by atoms with E-state index in [0.29, 0.717) is 13.2 Å². The van der Waals surface area contributed by atoms with Crippen LogP contribution in [0.1, 0.15) is 41.1 Å². The average molecular weight is 296 g/mol. The number of nitrogens with one attached hydrogen (secondary N) is 1. The average Bonchev–Trinajstić information content (AvgIpc) is 2.78. The minimum Gasteiger partial charge on any atom is -0.381 e. The van der Waals surface area contributed by atoms with Gasteiger partial charge in [0.25, 0.3) is 0 Å². The van der Waals surface area contributed by atoms with Gasteiger partial charge in [-0.25, -0.2) is 0 Å². The summed E-state index contributed by atoms with van der Waals surface area (Å²) in [7, 11) is 0. The number of aryl methyl sites for hydroxylation is 2. The third-order valence-corrected chi connectivity index (χ3v) is 4.96. The fraction of sp³-hybridized carbons (Fsp3) is 0.667. The Hall–Kier alpha value is -0.910. The van der Waals surface area contributed by atoms with E-state index in [1.54, 1.807) is 11.3 Å². The zero-order valence-corrected chi connectivity index (χ0v) is 13.3. The number of ether oxygens (including phenoxy) is 1. The van der Waals surface area contributed by atoms with Crippen LogP contribution in [0.5, 0.6) is 0 Å². The lowest BCUT2D eigenvalue weighted by Crippen LogP contribution is -2.47. The third kappa shape index (κ3) is 3.59. The first-order chi connectivity index (χ1) is 9.49. The van der Waals surface area contributed by atoms with Gasteiger partial charge in [0, 0.05) is 23.0 Å². The van der Waals surface area contributed by atoms with Crippen LogP contribution < -0.4 is 11.1 Å². The van der Waals surface area contributed by atoms with Crippen molar-refractivity contribution in [3.8, 4) is 0 Å². The summed E-state index contributed by atoms with van der Waals surface area (Å²) in [4.78, 5) is 14.8. The smallest absolute Gasteiger partial charge is 0.237 e. The van der Waals surface area contributed by atoms with E-state index in [9.17, 15) is 4.79 Å². The largest absolute Gasteiger partial charge is 0.381 e. The van der Waals surface area contributed by atoms with Gasteiger partial charge in [0.2, 0.25) is 5.91 Å². The normalized spacial score (nSPS) is 19.6. The number of amides is 1. The molecular weight excluding hydrogens is 272 g/mol. The van der Waals surface area contributed by atoms with Crippen LogP contribution in [-0.2, 0) is 9.53 Å². The number of thiophene rings is 1. The Morgan fingerprint density at radius 3 is 2.65 bits per heavy atom. The summed E-state index contributed by atoms with van der Waals surface area (Å²) in [6, 6.07) is 1.73. The molecule has 20 heavy (non-hydrogen) atoms. The van der Waals surface area contributed by atoms with Crippen LogP contribution in [0.15, 0.2) is 6.07 Å². The van der Waals surface area contributed by atoms with Crippen LogP contribution in [0.4, 0.5) is 0 Å².